The third-order valence-corrected chi connectivity index (χ3v) is 5.79. The number of rotatable bonds is 3. The highest BCUT2D eigenvalue weighted by Crippen LogP contribution is 2.53. The van der Waals surface area contributed by atoms with Crippen LogP contribution in [-0.4, -0.2) is 12.6 Å². The summed E-state index contributed by atoms with van der Waals surface area (Å²) in [5, 5.41) is 0. The summed E-state index contributed by atoms with van der Waals surface area (Å²) < 4.78 is 5.53. The van der Waals surface area contributed by atoms with E-state index in [1.165, 1.54) is 51.4 Å². The molecule has 2 saturated carbocycles. The predicted molar refractivity (Wildman–Crippen MR) is 75.7 cm³/mol. The smallest absolute Gasteiger partial charge is 0.308 e. The topological polar surface area (TPSA) is 26.3 Å². The molecule has 0 N–H and O–H groups in total. The van der Waals surface area contributed by atoms with E-state index in [9.17, 15) is 4.79 Å². The molecule has 1 saturated heterocycles. The molecule has 0 aromatic carbocycles. The van der Waals surface area contributed by atoms with Gasteiger partial charge in [0.2, 0.25) is 0 Å². The molecule has 1 heterocycles. The molecule has 0 aromatic rings. The largest absolute Gasteiger partial charge is 0.465 e. The van der Waals surface area contributed by atoms with Gasteiger partial charge in [0.25, 0.3) is 0 Å². The number of ether oxygens (including phenoxy) is 1. The van der Waals surface area contributed by atoms with E-state index < -0.39 is 0 Å². The first-order valence-electron chi connectivity index (χ1n) is 8.37. The van der Waals surface area contributed by atoms with Crippen LogP contribution in [0.3, 0.4) is 0 Å². The van der Waals surface area contributed by atoms with Gasteiger partial charge in [-0.2, -0.15) is 0 Å². The number of hydrogen-bond donors (Lipinski definition) is 0. The molecule has 19 heavy (non-hydrogen) atoms. The molecule has 3 fully saturated rings. The van der Waals surface area contributed by atoms with Crippen molar-refractivity contribution in [2.75, 3.05) is 6.61 Å². The molecule has 4 atom stereocenters. The first-order chi connectivity index (χ1) is 9.21. The molecule has 0 aromatic heterocycles. The predicted octanol–water partition coefficient (Wildman–Crippen LogP) is 4.33. The van der Waals surface area contributed by atoms with E-state index in [4.69, 9.17) is 4.74 Å². The molecule has 2 nitrogen and oxygen atoms in total. The van der Waals surface area contributed by atoms with Gasteiger partial charge < -0.3 is 4.74 Å². The van der Waals surface area contributed by atoms with E-state index in [0.717, 1.165) is 31.3 Å². The van der Waals surface area contributed by atoms with Crippen molar-refractivity contribution >= 4 is 5.97 Å². The van der Waals surface area contributed by atoms with Crippen molar-refractivity contribution in [2.24, 2.45) is 23.2 Å². The van der Waals surface area contributed by atoms with E-state index in [1.54, 1.807) is 0 Å². The summed E-state index contributed by atoms with van der Waals surface area (Å²) in [6.45, 7) is 3.01. The minimum Gasteiger partial charge on any atom is -0.465 e. The average Bonchev–Trinajstić information content (AvgIpc) is 2.39. The number of cyclic esters (lactones) is 1. The van der Waals surface area contributed by atoms with Gasteiger partial charge in [0, 0.05) is 5.41 Å². The van der Waals surface area contributed by atoms with Gasteiger partial charge in [0.05, 0.1) is 12.5 Å². The molecule has 3 rings (SSSR count). The van der Waals surface area contributed by atoms with Crippen LogP contribution < -0.4 is 0 Å². The third-order valence-electron chi connectivity index (χ3n) is 5.79. The number of esters is 1. The van der Waals surface area contributed by atoms with Crippen molar-refractivity contribution in [3.63, 3.8) is 0 Å². The van der Waals surface area contributed by atoms with Gasteiger partial charge in [-0.3, -0.25) is 4.79 Å². The van der Waals surface area contributed by atoms with Crippen molar-refractivity contribution in [1.29, 1.82) is 0 Å². The Morgan fingerprint density at radius 3 is 3.00 bits per heavy atom. The molecule has 4 unspecified atom stereocenters. The fourth-order valence-electron chi connectivity index (χ4n) is 5.02. The van der Waals surface area contributed by atoms with Gasteiger partial charge in [-0.05, 0) is 37.5 Å². The van der Waals surface area contributed by atoms with Crippen molar-refractivity contribution < 1.29 is 9.53 Å². The van der Waals surface area contributed by atoms with Gasteiger partial charge >= 0.3 is 5.97 Å². The number of fused-ring (bicyclic) bond motifs is 2. The summed E-state index contributed by atoms with van der Waals surface area (Å²) in [5.74, 6) is 2.03. The molecule has 108 valence electrons. The van der Waals surface area contributed by atoms with E-state index in [1.807, 2.05) is 0 Å². The molecule has 3 aliphatic rings. The molecule has 0 radical (unpaired) electrons. The van der Waals surface area contributed by atoms with E-state index in [0.29, 0.717) is 5.41 Å². The van der Waals surface area contributed by atoms with Crippen molar-refractivity contribution in [2.45, 2.75) is 71.1 Å². The molecule has 0 amide bonds. The molecule has 2 aliphatic carbocycles. The fraction of sp³-hybridized carbons (Fsp3) is 0.941. The lowest BCUT2D eigenvalue weighted by Gasteiger charge is -2.49. The molecule has 1 spiro atoms. The Hall–Kier alpha value is -0.530. The number of unbranched alkanes of at least 4 members (excludes halogenated alkanes) is 1. The van der Waals surface area contributed by atoms with E-state index >= 15 is 0 Å². The van der Waals surface area contributed by atoms with Crippen LogP contribution in [-0.2, 0) is 9.53 Å². The Kier molecular flexibility index (Phi) is 3.86. The van der Waals surface area contributed by atoms with Crippen LogP contribution in [0.5, 0.6) is 0 Å². The summed E-state index contributed by atoms with van der Waals surface area (Å²) in [7, 11) is 0. The molecular weight excluding hydrogens is 236 g/mol. The zero-order valence-electron chi connectivity index (χ0n) is 12.3. The normalized spacial score (nSPS) is 42.2. The maximum Gasteiger partial charge on any atom is 0.308 e. The van der Waals surface area contributed by atoms with Crippen molar-refractivity contribution in [3.05, 3.63) is 0 Å². The summed E-state index contributed by atoms with van der Waals surface area (Å²) in [6, 6.07) is 0. The minimum absolute atomic E-state index is 0.103. The third kappa shape index (κ3) is 2.83. The lowest BCUT2D eigenvalue weighted by molar-refractivity contribution is -0.172. The highest BCUT2D eigenvalue weighted by Gasteiger charge is 2.49. The lowest BCUT2D eigenvalue weighted by Crippen LogP contribution is -2.47. The monoisotopic (exact) mass is 264 g/mol. The Morgan fingerprint density at radius 2 is 2.16 bits per heavy atom. The fourth-order valence-corrected chi connectivity index (χ4v) is 5.02. The van der Waals surface area contributed by atoms with Crippen molar-refractivity contribution in [1.82, 2.24) is 0 Å². The second kappa shape index (κ2) is 5.46. The second-order valence-electron chi connectivity index (χ2n) is 7.46. The average molecular weight is 264 g/mol. The van der Waals surface area contributed by atoms with Crippen LogP contribution in [0.4, 0.5) is 0 Å². The standard InChI is InChI=1S/C17H28O2/c1-2-3-5-13-6-4-7-14-8-15-11-17(9-13,10-14)12-19-16(15)18/h13-15H,2-12H2,1H3. The first-order valence-corrected chi connectivity index (χ1v) is 8.37. The maximum atomic E-state index is 11.9. The second-order valence-corrected chi connectivity index (χ2v) is 7.46. The zero-order chi connectivity index (χ0) is 13.3. The SMILES string of the molecule is CCCCC1CCCC2CC3CC(COC3=O)(C1)C2. The van der Waals surface area contributed by atoms with Crippen LogP contribution >= 0.6 is 0 Å². The quantitative estimate of drug-likeness (QED) is 0.709. The molecule has 1 aliphatic heterocycles. The van der Waals surface area contributed by atoms with Gasteiger partial charge in [-0.1, -0.05) is 45.4 Å². The minimum atomic E-state index is 0.103. The number of hydrogen-bond acceptors (Lipinski definition) is 2. The van der Waals surface area contributed by atoms with Crippen LogP contribution in [0.25, 0.3) is 0 Å². The zero-order valence-corrected chi connectivity index (χ0v) is 12.3. The maximum absolute atomic E-state index is 11.9. The number of carbonyl (C=O) groups is 1. The Labute approximate surface area is 117 Å². The summed E-state index contributed by atoms with van der Waals surface area (Å²) in [4.78, 5) is 11.9. The van der Waals surface area contributed by atoms with Gasteiger partial charge in [0.1, 0.15) is 0 Å². The first kappa shape index (κ1) is 13.5. The molecule has 2 heteroatoms. The van der Waals surface area contributed by atoms with E-state index in [2.05, 4.69) is 6.92 Å². The Balaban J connectivity index is 1.73. The Bertz CT molecular complexity index is 338. The highest BCUT2D eigenvalue weighted by molar-refractivity contribution is 5.73. The van der Waals surface area contributed by atoms with Crippen molar-refractivity contribution in [3.8, 4) is 0 Å². The van der Waals surface area contributed by atoms with Gasteiger partial charge in [-0.25, -0.2) is 0 Å². The Morgan fingerprint density at radius 1 is 1.26 bits per heavy atom. The van der Waals surface area contributed by atoms with Gasteiger partial charge in [0.15, 0.2) is 0 Å². The summed E-state index contributed by atoms with van der Waals surface area (Å²) in [6.07, 6.45) is 13.1. The highest BCUT2D eigenvalue weighted by atomic mass is 16.5. The number of carbonyl (C=O) groups excluding carboxylic acids is 1. The summed E-state index contributed by atoms with van der Waals surface area (Å²) >= 11 is 0. The van der Waals surface area contributed by atoms with Crippen LogP contribution in [0.15, 0.2) is 0 Å². The lowest BCUT2D eigenvalue weighted by atomic mass is 9.58. The summed E-state index contributed by atoms with van der Waals surface area (Å²) in [5.41, 5.74) is 0.361. The van der Waals surface area contributed by atoms with Crippen LogP contribution in [0.2, 0.25) is 0 Å². The molecule has 3 bridgehead atoms. The molecular formula is C17H28O2. The van der Waals surface area contributed by atoms with E-state index in [-0.39, 0.29) is 11.9 Å². The van der Waals surface area contributed by atoms with Crippen LogP contribution in [0.1, 0.15) is 71.1 Å². The van der Waals surface area contributed by atoms with Crippen LogP contribution in [0, 0.1) is 23.2 Å². The van der Waals surface area contributed by atoms with Gasteiger partial charge in [-0.15, -0.1) is 0 Å².